The fourth-order valence-corrected chi connectivity index (χ4v) is 4.71. The number of piperazine rings is 1. The van der Waals surface area contributed by atoms with E-state index in [1.54, 1.807) is 12.3 Å². The molecule has 0 amide bonds. The Bertz CT molecular complexity index is 1330. The van der Waals surface area contributed by atoms with Crippen LogP contribution in [0.4, 0.5) is 17.1 Å². The van der Waals surface area contributed by atoms with E-state index in [0.29, 0.717) is 22.9 Å². The van der Waals surface area contributed by atoms with Gasteiger partial charge in [0.25, 0.3) is 0 Å². The topological polar surface area (TPSA) is 57.7 Å². The molecule has 1 fully saturated rings. The van der Waals surface area contributed by atoms with Gasteiger partial charge < -0.3 is 15.0 Å². The van der Waals surface area contributed by atoms with Crippen LogP contribution in [0.1, 0.15) is 16.8 Å². The van der Waals surface area contributed by atoms with Crippen LogP contribution in [0, 0.1) is 0 Å². The van der Waals surface area contributed by atoms with Crippen LogP contribution in [0.2, 0.25) is 5.02 Å². The molecule has 200 valence electrons. The van der Waals surface area contributed by atoms with Crippen molar-refractivity contribution in [2.24, 2.45) is 0 Å². The molecule has 2 heterocycles. The number of hydrogen-bond donors (Lipinski definition) is 1. The number of aromatic nitrogens is 1. The van der Waals surface area contributed by atoms with Crippen LogP contribution in [0.5, 0.6) is 0 Å². The lowest BCUT2D eigenvalue weighted by molar-refractivity contribution is 0.0488. The van der Waals surface area contributed by atoms with E-state index in [1.165, 1.54) is 5.69 Å². The SMILES string of the molecule is Cl.Cl.O=C(OCCCN1CCN(c2ccccc2)CC1)c1ccccc1Nc1ccnc2cc(Cl)ccc12. The highest BCUT2D eigenvalue weighted by Crippen LogP contribution is 2.29. The zero-order valence-electron chi connectivity index (χ0n) is 20.9. The number of carbonyl (C=O) groups excluding carboxylic acids is 1. The van der Waals surface area contributed by atoms with E-state index >= 15 is 0 Å². The summed E-state index contributed by atoms with van der Waals surface area (Å²) in [6.45, 7) is 5.36. The minimum absolute atomic E-state index is 0. The summed E-state index contributed by atoms with van der Waals surface area (Å²) in [4.78, 5) is 22.1. The molecule has 1 aliphatic heterocycles. The van der Waals surface area contributed by atoms with Gasteiger partial charge in [-0.1, -0.05) is 41.9 Å². The third kappa shape index (κ3) is 7.29. The lowest BCUT2D eigenvalue weighted by Crippen LogP contribution is -2.46. The number of nitrogens with one attached hydrogen (secondary N) is 1. The van der Waals surface area contributed by atoms with Gasteiger partial charge in [-0.2, -0.15) is 0 Å². The Morgan fingerprint density at radius 1 is 0.895 bits per heavy atom. The molecule has 0 saturated carbocycles. The summed E-state index contributed by atoms with van der Waals surface area (Å²) in [5.41, 5.74) is 4.13. The first-order valence-electron chi connectivity index (χ1n) is 12.3. The van der Waals surface area contributed by atoms with Gasteiger partial charge in [0.1, 0.15) is 0 Å². The molecule has 38 heavy (non-hydrogen) atoms. The van der Waals surface area contributed by atoms with Gasteiger partial charge in [0.15, 0.2) is 0 Å². The molecule has 0 aliphatic carbocycles. The van der Waals surface area contributed by atoms with Crippen molar-refractivity contribution in [2.75, 3.05) is 49.5 Å². The number of nitrogens with zero attached hydrogens (tertiary/aromatic N) is 3. The summed E-state index contributed by atoms with van der Waals surface area (Å²) >= 11 is 6.11. The molecule has 0 bridgehead atoms. The summed E-state index contributed by atoms with van der Waals surface area (Å²) in [5, 5.41) is 4.94. The normalized spacial score (nSPS) is 13.3. The van der Waals surface area contributed by atoms with Crippen molar-refractivity contribution in [3.8, 4) is 0 Å². The maximum absolute atomic E-state index is 12.9. The number of ether oxygens (including phenoxy) is 1. The number of anilines is 3. The molecule has 1 aromatic heterocycles. The third-order valence-corrected chi connectivity index (χ3v) is 6.70. The van der Waals surface area contributed by atoms with Gasteiger partial charge in [-0.05, 0) is 55.0 Å². The monoisotopic (exact) mass is 572 g/mol. The third-order valence-electron chi connectivity index (χ3n) is 6.47. The van der Waals surface area contributed by atoms with Crippen LogP contribution in [-0.2, 0) is 4.74 Å². The molecule has 0 spiro atoms. The van der Waals surface area contributed by atoms with Crippen molar-refractivity contribution in [1.29, 1.82) is 0 Å². The Morgan fingerprint density at radius 3 is 2.42 bits per heavy atom. The van der Waals surface area contributed by atoms with Gasteiger partial charge in [0, 0.05) is 60.7 Å². The fraction of sp³-hybridized carbons (Fsp3) is 0.241. The summed E-state index contributed by atoms with van der Waals surface area (Å²) in [7, 11) is 0. The summed E-state index contributed by atoms with van der Waals surface area (Å²) < 4.78 is 5.65. The standard InChI is InChI=1S/C29H29ClN4O2.2ClH/c30-22-11-12-24-27(13-14-31-28(24)21-22)32-26-10-5-4-9-25(26)29(35)36-20-6-15-33-16-18-34(19-17-33)23-7-2-1-3-8-23;;/h1-5,7-14,21H,6,15-20H2,(H,31,32);2*1H. The van der Waals surface area contributed by atoms with Crippen LogP contribution in [-0.4, -0.2) is 55.2 Å². The van der Waals surface area contributed by atoms with Crippen molar-refractivity contribution in [2.45, 2.75) is 6.42 Å². The van der Waals surface area contributed by atoms with Gasteiger partial charge in [-0.25, -0.2) is 4.79 Å². The first-order valence-corrected chi connectivity index (χ1v) is 12.6. The Labute approximate surface area is 240 Å². The molecule has 1 saturated heterocycles. The quantitative estimate of drug-likeness (QED) is 0.184. The zero-order valence-corrected chi connectivity index (χ0v) is 23.3. The maximum atomic E-state index is 12.9. The molecule has 0 atom stereocenters. The van der Waals surface area contributed by atoms with E-state index in [-0.39, 0.29) is 30.8 Å². The van der Waals surface area contributed by atoms with Gasteiger partial charge in [-0.3, -0.25) is 9.88 Å². The lowest BCUT2D eigenvalue weighted by Gasteiger charge is -2.36. The van der Waals surface area contributed by atoms with Gasteiger partial charge in [0.05, 0.1) is 23.4 Å². The highest BCUT2D eigenvalue weighted by molar-refractivity contribution is 6.31. The average Bonchev–Trinajstić information content (AvgIpc) is 2.92. The predicted octanol–water partition coefficient (Wildman–Crippen LogP) is 6.84. The number of pyridine rings is 1. The molecule has 1 N–H and O–H groups in total. The van der Waals surface area contributed by atoms with E-state index in [0.717, 1.165) is 55.7 Å². The van der Waals surface area contributed by atoms with E-state index in [2.05, 4.69) is 44.4 Å². The van der Waals surface area contributed by atoms with E-state index in [1.807, 2.05) is 48.5 Å². The van der Waals surface area contributed by atoms with Crippen LogP contribution in [0.3, 0.4) is 0 Å². The van der Waals surface area contributed by atoms with Crippen LogP contribution in [0.15, 0.2) is 85.1 Å². The van der Waals surface area contributed by atoms with Gasteiger partial charge >= 0.3 is 5.97 Å². The molecule has 1 aliphatic rings. The summed E-state index contributed by atoms with van der Waals surface area (Å²) in [6, 6.07) is 25.4. The predicted molar refractivity (Wildman–Crippen MR) is 161 cm³/mol. The smallest absolute Gasteiger partial charge is 0.340 e. The fourth-order valence-electron chi connectivity index (χ4n) is 4.54. The Balaban J connectivity index is 0.00000200. The molecule has 4 aromatic rings. The number of carbonyl (C=O) groups is 1. The van der Waals surface area contributed by atoms with Crippen molar-refractivity contribution in [3.63, 3.8) is 0 Å². The van der Waals surface area contributed by atoms with Crippen molar-refractivity contribution in [3.05, 3.63) is 95.6 Å². The van der Waals surface area contributed by atoms with Crippen LogP contribution < -0.4 is 10.2 Å². The number of hydrogen-bond acceptors (Lipinski definition) is 6. The number of para-hydroxylation sites is 2. The van der Waals surface area contributed by atoms with Gasteiger partial charge in [-0.15, -0.1) is 24.8 Å². The Morgan fingerprint density at radius 2 is 1.63 bits per heavy atom. The zero-order chi connectivity index (χ0) is 24.7. The Kier molecular flexibility index (Phi) is 11.0. The average molecular weight is 574 g/mol. The van der Waals surface area contributed by atoms with Gasteiger partial charge in [0.2, 0.25) is 0 Å². The number of benzene rings is 3. The minimum atomic E-state index is -0.326. The molecule has 0 radical (unpaired) electrons. The number of fused-ring (bicyclic) bond motifs is 1. The number of halogens is 3. The molecule has 3 aromatic carbocycles. The van der Waals surface area contributed by atoms with Crippen molar-refractivity contribution in [1.82, 2.24) is 9.88 Å². The first-order chi connectivity index (χ1) is 17.7. The lowest BCUT2D eigenvalue weighted by atomic mass is 10.1. The molecule has 5 rings (SSSR count). The molecular formula is C29H31Cl3N4O2. The summed E-state index contributed by atoms with van der Waals surface area (Å²) in [5.74, 6) is -0.326. The van der Waals surface area contributed by atoms with E-state index in [4.69, 9.17) is 16.3 Å². The van der Waals surface area contributed by atoms with Crippen LogP contribution >= 0.6 is 36.4 Å². The Hall–Kier alpha value is -3.03. The highest BCUT2D eigenvalue weighted by Gasteiger charge is 2.17. The number of esters is 1. The highest BCUT2D eigenvalue weighted by atomic mass is 35.5. The van der Waals surface area contributed by atoms with E-state index < -0.39 is 0 Å². The summed E-state index contributed by atoms with van der Waals surface area (Å²) in [6.07, 6.45) is 2.53. The first kappa shape index (κ1) is 29.5. The molecule has 6 nitrogen and oxygen atoms in total. The minimum Gasteiger partial charge on any atom is -0.462 e. The number of rotatable bonds is 8. The largest absolute Gasteiger partial charge is 0.462 e. The van der Waals surface area contributed by atoms with E-state index in [9.17, 15) is 4.79 Å². The molecule has 0 unspecified atom stereocenters. The molecule has 9 heteroatoms. The second-order valence-electron chi connectivity index (χ2n) is 8.84. The second kappa shape index (κ2) is 14.2. The second-order valence-corrected chi connectivity index (χ2v) is 9.28. The van der Waals surface area contributed by atoms with Crippen molar-refractivity contribution >= 4 is 70.3 Å². The van der Waals surface area contributed by atoms with Crippen LogP contribution in [0.25, 0.3) is 10.9 Å². The molecular weight excluding hydrogens is 543 g/mol. The van der Waals surface area contributed by atoms with Crippen molar-refractivity contribution < 1.29 is 9.53 Å². The maximum Gasteiger partial charge on any atom is 0.340 e.